The van der Waals surface area contributed by atoms with Crippen LogP contribution >= 0.6 is 0 Å². The van der Waals surface area contributed by atoms with Gasteiger partial charge in [0.1, 0.15) is 17.1 Å². The standard InChI is InChI=1S/C22H22FN3O3/c1-2-3-6-13-26-18-8-5-4-7-17(18)20(27)19(22(26)29)21(28)25-24-14-15-9-11-16(23)12-10-15/h4-5,7-12,14,27H,2-3,6,13H2,1H3,(H,25,28)/b24-14+. The fraction of sp³-hybridized carbons (Fsp3) is 0.227. The van der Waals surface area contributed by atoms with Gasteiger partial charge in [-0.3, -0.25) is 9.59 Å². The third kappa shape index (κ3) is 4.51. The Kier molecular flexibility index (Phi) is 6.39. The summed E-state index contributed by atoms with van der Waals surface area (Å²) in [6, 6.07) is 12.5. The van der Waals surface area contributed by atoms with Crippen molar-refractivity contribution in [2.45, 2.75) is 32.7 Å². The van der Waals surface area contributed by atoms with E-state index in [1.807, 2.05) is 0 Å². The van der Waals surface area contributed by atoms with Crippen molar-refractivity contribution in [1.82, 2.24) is 9.99 Å². The Balaban J connectivity index is 1.94. The maximum Gasteiger partial charge on any atom is 0.280 e. The highest BCUT2D eigenvalue weighted by atomic mass is 19.1. The minimum absolute atomic E-state index is 0.351. The lowest BCUT2D eigenvalue weighted by Crippen LogP contribution is -2.31. The fourth-order valence-corrected chi connectivity index (χ4v) is 3.11. The van der Waals surface area contributed by atoms with Gasteiger partial charge in [0.05, 0.1) is 11.7 Å². The quantitative estimate of drug-likeness (QED) is 0.363. The Bertz CT molecular complexity index is 1100. The second kappa shape index (κ2) is 9.14. The number of nitrogens with one attached hydrogen (secondary N) is 1. The highest BCUT2D eigenvalue weighted by Crippen LogP contribution is 2.26. The van der Waals surface area contributed by atoms with E-state index in [0.29, 0.717) is 23.0 Å². The lowest BCUT2D eigenvalue weighted by Gasteiger charge is -2.14. The Morgan fingerprint density at radius 3 is 2.62 bits per heavy atom. The summed E-state index contributed by atoms with van der Waals surface area (Å²) in [4.78, 5) is 25.6. The summed E-state index contributed by atoms with van der Waals surface area (Å²) >= 11 is 0. The minimum Gasteiger partial charge on any atom is -0.506 e. The van der Waals surface area contributed by atoms with E-state index in [1.165, 1.54) is 35.0 Å². The van der Waals surface area contributed by atoms with Gasteiger partial charge in [-0.25, -0.2) is 9.82 Å². The SMILES string of the molecule is CCCCCn1c(=O)c(C(=O)N/N=C/c2ccc(F)cc2)c(O)c2ccccc21. The van der Waals surface area contributed by atoms with Crippen molar-refractivity contribution >= 4 is 23.0 Å². The Labute approximate surface area is 167 Å². The molecule has 3 aromatic rings. The molecule has 0 aliphatic carbocycles. The van der Waals surface area contributed by atoms with Crippen LogP contribution in [0.4, 0.5) is 4.39 Å². The van der Waals surface area contributed by atoms with Gasteiger partial charge in [0, 0.05) is 11.9 Å². The van der Waals surface area contributed by atoms with E-state index in [9.17, 15) is 19.1 Å². The van der Waals surface area contributed by atoms with Gasteiger partial charge >= 0.3 is 0 Å². The number of para-hydroxylation sites is 1. The van der Waals surface area contributed by atoms with Crippen LogP contribution in [-0.4, -0.2) is 21.8 Å². The number of rotatable bonds is 7. The number of pyridine rings is 1. The first-order valence-corrected chi connectivity index (χ1v) is 9.46. The number of aromatic hydroxyl groups is 1. The summed E-state index contributed by atoms with van der Waals surface area (Å²) in [6.07, 6.45) is 4.06. The second-order valence-electron chi connectivity index (χ2n) is 6.66. The zero-order chi connectivity index (χ0) is 20.8. The number of carbonyl (C=O) groups excluding carboxylic acids is 1. The summed E-state index contributed by atoms with van der Waals surface area (Å²) in [6.45, 7) is 2.52. The average Bonchev–Trinajstić information content (AvgIpc) is 2.72. The number of hydrogen-bond acceptors (Lipinski definition) is 4. The number of halogens is 1. The highest BCUT2D eigenvalue weighted by Gasteiger charge is 2.21. The molecule has 0 fully saturated rings. The lowest BCUT2D eigenvalue weighted by molar-refractivity contribution is 0.0950. The molecule has 6 nitrogen and oxygen atoms in total. The van der Waals surface area contributed by atoms with Crippen molar-refractivity contribution in [2.24, 2.45) is 5.10 Å². The molecule has 0 radical (unpaired) electrons. The van der Waals surface area contributed by atoms with E-state index >= 15 is 0 Å². The van der Waals surface area contributed by atoms with Crippen LogP contribution in [0.15, 0.2) is 58.4 Å². The first-order valence-electron chi connectivity index (χ1n) is 9.46. The van der Waals surface area contributed by atoms with Crippen LogP contribution in [0.3, 0.4) is 0 Å². The number of aromatic nitrogens is 1. The Hall–Kier alpha value is -3.48. The number of nitrogens with zero attached hydrogens (tertiary/aromatic N) is 2. The lowest BCUT2D eigenvalue weighted by atomic mass is 10.1. The molecule has 0 saturated heterocycles. The third-order valence-electron chi connectivity index (χ3n) is 4.61. The number of amides is 1. The molecule has 3 rings (SSSR count). The number of unbranched alkanes of at least 4 members (excludes halogenated alkanes) is 2. The van der Waals surface area contributed by atoms with Crippen LogP contribution in [0, 0.1) is 5.82 Å². The molecular weight excluding hydrogens is 373 g/mol. The summed E-state index contributed by atoms with van der Waals surface area (Å²) in [5.41, 5.74) is 2.51. The normalized spacial score (nSPS) is 11.2. The topological polar surface area (TPSA) is 83.7 Å². The summed E-state index contributed by atoms with van der Waals surface area (Å²) in [7, 11) is 0. The molecule has 0 unspecified atom stereocenters. The highest BCUT2D eigenvalue weighted by molar-refractivity contribution is 6.02. The van der Waals surface area contributed by atoms with Crippen molar-refractivity contribution in [3.63, 3.8) is 0 Å². The predicted molar refractivity (Wildman–Crippen MR) is 111 cm³/mol. The van der Waals surface area contributed by atoms with Crippen LogP contribution in [0.1, 0.15) is 42.1 Å². The number of hydrazone groups is 1. The van der Waals surface area contributed by atoms with E-state index in [1.54, 1.807) is 24.3 Å². The molecule has 2 aromatic carbocycles. The van der Waals surface area contributed by atoms with Gasteiger partial charge < -0.3 is 9.67 Å². The Morgan fingerprint density at radius 1 is 1.17 bits per heavy atom. The van der Waals surface area contributed by atoms with Gasteiger partial charge in [0.25, 0.3) is 11.5 Å². The van der Waals surface area contributed by atoms with Crippen molar-refractivity contribution in [2.75, 3.05) is 0 Å². The molecule has 0 aliphatic rings. The third-order valence-corrected chi connectivity index (χ3v) is 4.61. The van der Waals surface area contributed by atoms with Crippen LogP contribution in [0.5, 0.6) is 5.75 Å². The molecule has 1 heterocycles. The van der Waals surface area contributed by atoms with Crippen molar-refractivity contribution in [3.8, 4) is 5.75 Å². The van der Waals surface area contributed by atoms with E-state index < -0.39 is 11.5 Å². The van der Waals surface area contributed by atoms with Crippen LogP contribution in [0.2, 0.25) is 0 Å². The zero-order valence-corrected chi connectivity index (χ0v) is 16.1. The number of carbonyl (C=O) groups is 1. The molecule has 1 aromatic heterocycles. The molecule has 0 aliphatic heterocycles. The van der Waals surface area contributed by atoms with Crippen LogP contribution in [-0.2, 0) is 6.54 Å². The van der Waals surface area contributed by atoms with Gasteiger partial charge in [0.15, 0.2) is 0 Å². The number of aryl methyl sites for hydroxylation is 1. The molecule has 0 bridgehead atoms. The first-order chi connectivity index (χ1) is 14.0. The molecule has 7 heteroatoms. The predicted octanol–water partition coefficient (Wildman–Crippen LogP) is 3.80. The smallest absolute Gasteiger partial charge is 0.280 e. The van der Waals surface area contributed by atoms with Crippen LogP contribution in [0.25, 0.3) is 10.9 Å². The van der Waals surface area contributed by atoms with Gasteiger partial charge in [-0.2, -0.15) is 5.10 Å². The van der Waals surface area contributed by atoms with Gasteiger partial charge in [-0.1, -0.05) is 44.0 Å². The number of fused-ring (bicyclic) bond motifs is 1. The summed E-state index contributed by atoms with van der Waals surface area (Å²) in [5, 5.41) is 14.8. The minimum atomic E-state index is -0.805. The maximum absolute atomic E-state index is 13.0. The first kappa shape index (κ1) is 20.3. The zero-order valence-electron chi connectivity index (χ0n) is 16.1. The average molecular weight is 395 g/mol. The molecule has 1 amide bonds. The molecule has 150 valence electrons. The van der Waals surface area contributed by atoms with E-state index in [-0.39, 0.29) is 17.1 Å². The molecule has 0 saturated carbocycles. The van der Waals surface area contributed by atoms with E-state index in [2.05, 4.69) is 17.5 Å². The summed E-state index contributed by atoms with van der Waals surface area (Å²) in [5.74, 6) is -1.55. The second-order valence-corrected chi connectivity index (χ2v) is 6.66. The van der Waals surface area contributed by atoms with E-state index in [0.717, 1.165) is 19.3 Å². The molecule has 2 N–H and O–H groups in total. The molecular formula is C22H22FN3O3. The molecule has 0 spiro atoms. The Morgan fingerprint density at radius 2 is 1.90 bits per heavy atom. The van der Waals surface area contributed by atoms with Gasteiger partial charge in [0.2, 0.25) is 0 Å². The largest absolute Gasteiger partial charge is 0.506 e. The maximum atomic E-state index is 13.0. The molecule has 29 heavy (non-hydrogen) atoms. The van der Waals surface area contributed by atoms with E-state index in [4.69, 9.17) is 0 Å². The van der Waals surface area contributed by atoms with Crippen molar-refractivity contribution < 1.29 is 14.3 Å². The van der Waals surface area contributed by atoms with Gasteiger partial charge in [-0.05, 0) is 36.2 Å². The van der Waals surface area contributed by atoms with Gasteiger partial charge in [-0.15, -0.1) is 0 Å². The number of hydrogen-bond donors (Lipinski definition) is 2. The van der Waals surface area contributed by atoms with Crippen LogP contribution < -0.4 is 11.0 Å². The van der Waals surface area contributed by atoms with Crippen molar-refractivity contribution in [1.29, 1.82) is 0 Å². The summed E-state index contributed by atoms with van der Waals surface area (Å²) < 4.78 is 14.5. The molecule has 0 atom stereocenters. The fourth-order valence-electron chi connectivity index (χ4n) is 3.11. The monoisotopic (exact) mass is 395 g/mol. The van der Waals surface area contributed by atoms with Crippen molar-refractivity contribution in [3.05, 3.63) is 75.8 Å². The number of benzene rings is 2.